The van der Waals surface area contributed by atoms with Gasteiger partial charge >= 0.3 is 5.97 Å². The molecule has 1 fully saturated rings. The molecule has 9 heteroatoms. The molecule has 2 aliphatic rings. The standard InChI is InChI=1S/C19H23FN2O5S/c20-16-6-3-7-17(13-16)28(25,26)22-10-8-21(9-11-22)18(23)14-27-19(24)12-15-4-1-2-5-15/h1,3-4,6-7,13,15H,2,5,8-12,14H2/t15-/m0/s1. The molecule has 1 aromatic rings. The number of allylic oxidation sites excluding steroid dienone is 2. The molecule has 3 rings (SSSR count). The molecule has 1 atom stereocenters. The van der Waals surface area contributed by atoms with Crippen LogP contribution in [-0.2, 0) is 24.3 Å². The number of esters is 1. The first kappa shape index (κ1) is 20.5. The third kappa shape index (κ3) is 4.96. The first-order chi connectivity index (χ1) is 13.4. The fourth-order valence-electron chi connectivity index (χ4n) is 3.33. The van der Waals surface area contributed by atoms with Gasteiger partial charge in [0.25, 0.3) is 5.91 Å². The summed E-state index contributed by atoms with van der Waals surface area (Å²) in [6, 6.07) is 4.85. The molecule has 152 valence electrons. The number of rotatable bonds is 6. The molecule has 7 nitrogen and oxygen atoms in total. The number of ether oxygens (including phenoxy) is 1. The maximum atomic E-state index is 13.3. The SMILES string of the molecule is O=C(C[C@H]1C=CCC1)OCC(=O)N1CCN(S(=O)(=O)c2cccc(F)c2)CC1. The molecular formula is C19H23FN2O5S. The van der Waals surface area contributed by atoms with E-state index in [9.17, 15) is 22.4 Å². The van der Waals surface area contributed by atoms with Crippen LogP contribution in [0.25, 0.3) is 0 Å². The predicted molar refractivity (Wildman–Crippen MR) is 99.2 cm³/mol. The van der Waals surface area contributed by atoms with E-state index in [1.165, 1.54) is 27.4 Å². The van der Waals surface area contributed by atoms with E-state index in [0.29, 0.717) is 0 Å². The highest BCUT2D eigenvalue weighted by atomic mass is 32.2. The van der Waals surface area contributed by atoms with Crippen LogP contribution in [0.4, 0.5) is 4.39 Å². The second kappa shape index (κ2) is 8.83. The molecule has 1 aliphatic carbocycles. The van der Waals surface area contributed by atoms with Crippen LogP contribution >= 0.6 is 0 Å². The summed E-state index contributed by atoms with van der Waals surface area (Å²) >= 11 is 0. The zero-order valence-corrected chi connectivity index (χ0v) is 16.2. The number of carbonyl (C=O) groups is 2. The van der Waals surface area contributed by atoms with Gasteiger partial charge in [0, 0.05) is 26.2 Å². The molecule has 0 unspecified atom stereocenters. The van der Waals surface area contributed by atoms with E-state index in [1.54, 1.807) is 0 Å². The number of benzene rings is 1. The summed E-state index contributed by atoms with van der Waals surface area (Å²) in [5, 5.41) is 0. The molecule has 1 aliphatic heterocycles. The lowest BCUT2D eigenvalue weighted by molar-refractivity contribution is -0.153. The molecule has 0 N–H and O–H groups in total. The molecule has 0 aromatic heterocycles. The summed E-state index contributed by atoms with van der Waals surface area (Å²) in [6.45, 7) is 0.245. The smallest absolute Gasteiger partial charge is 0.306 e. The van der Waals surface area contributed by atoms with Crippen molar-refractivity contribution in [3.63, 3.8) is 0 Å². The Morgan fingerprint density at radius 3 is 2.57 bits per heavy atom. The number of hydrogen-bond donors (Lipinski definition) is 0. The number of carbonyl (C=O) groups excluding carboxylic acids is 2. The summed E-state index contributed by atoms with van der Waals surface area (Å²) in [7, 11) is -3.81. The maximum Gasteiger partial charge on any atom is 0.306 e. The molecule has 0 bridgehead atoms. The Kier molecular flexibility index (Phi) is 6.46. The van der Waals surface area contributed by atoms with Crippen molar-refractivity contribution in [3.8, 4) is 0 Å². The third-order valence-electron chi connectivity index (χ3n) is 4.92. The monoisotopic (exact) mass is 410 g/mol. The Morgan fingerprint density at radius 1 is 1.18 bits per heavy atom. The van der Waals surface area contributed by atoms with Crippen molar-refractivity contribution < 1.29 is 27.1 Å². The minimum atomic E-state index is -3.81. The van der Waals surface area contributed by atoms with Crippen molar-refractivity contribution in [3.05, 3.63) is 42.2 Å². The van der Waals surface area contributed by atoms with Gasteiger partial charge in [0.15, 0.2) is 6.61 Å². The van der Waals surface area contributed by atoms with E-state index in [0.717, 1.165) is 18.9 Å². The number of hydrogen-bond acceptors (Lipinski definition) is 5. The van der Waals surface area contributed by atoms with Gasteiger partial charge in [-0.3, -0.25) is 9.59 Å². The minimum Gasteiger partial charge on any atom is -0.456 e. The summed E-state index contributed by atoms with van der Waals surface area (Å²) in [4.78, 5) is 25.4. The normalized spacial score (nSPS) is 20.3. The quantitative estimate of drug-likeness (QED) is 0.525. The molecule has 0 radical (unpaired) electrons. The topological polar surface area (TPSA) is 84.0 Å². The van der Waals surface area contributed by atoms with E-state index in [2.05, 4.69) is 0 Å². The van der Waals surface area contributed by atoms with Crippen LogP contribution in [0.15, 0.2) is 41.3 Å². The average molecular weight is 410 g/mol. The fraction of sp³-hybridized carbons (Fsp3) is 0.474. The zero-order chi connectivity index (χ0) is 20.1. The Labute approximate surface area is 163 Å². The molecule has 1 saturated heterocycles. The van der Waals surface area contributed by atoms with Crippen molar-refractivity contribution in [2.24, 2.45) is 5.92 Å². The van der Waals surface area contributed by atoms with Crippen molar-refractivity contribution >= 4 is 21.9 Å². The largest absolute Gasteiger partial charge is 0.456 e. The van der Waals surface area contributed by atoms with Gasteiger partial charge in [-0.25, -0.2) is 12.8 Å². The van der Waals surface area contributed by atoms with Crippen LogP contribution in [0.1, 0.15) is 19.3 Å². The number of sulfonamides is 1. The van der Waals surface area contributed by atoms with E-state index < -0.39 is 21.8 Å². The summed E-state index contributed by atoms with van der Waals surface area (Å²) < 4.78 is 44.8. The van der Waals surface area contributed by atoms with E-state index in [4.69, 9.17) is 4.74 Å². The second-order valence-electron chi connectivity index (χ2n) is 6.87. The number of halogens is 1. The predicted octanol–water partition coefficient (Wildman–Crippen LogP) is 1.56. The van der Waals surface area contributed by atoms with Gasteiger partial charge in [-0.2, -0.15) is 4.31 Å². The van der Waals surface area contributed by atoms with Crippen molar-refractivity contribution in [2.45, 2.75) is 24.2 Å². The molecule has 0 saturated carbocycles. The zero-order valence-electron chi connectivity index (χ0n) is 15.4. The lowest BCUT2D eigenvalue weighted by atomic mass is 10.1. The second-order valence-corrected chi connectivity index (χ2v) is 8.81. The minimum absolute atomic E-state index is 0.103. The van der Waals surface area contributed by atoms with E-state index >= 15 is 0 Å². The first-order valence-corrected chi connectivity index (χ1v) is 10.7. The summed E-state index contributed by atoms with van der Waals surface area (Å²) in [6.07, 6.45) is 6.16. The molecule has 1 heterocycles. The lowest BCUT2D eigenvalue weighted by Crippen LogP contribution is -2.51. The molecule has 1 amide bonds. The Bertz CT molecular complexity index is 863. The lowest BCUT2D eigenvalue weighted by Gasteiger charge is -2.33. The number of amides is 1. The van der Waals surface area contributed by atoms with Crippen LogP contribution in [0.2, 0.25) is 0 Å². The fourth-order valence-corrected chi connectivity index (χ4v) is 4.78. The Balaban J connectivity index is 1.47. The van der Waals surface area contributed by atoms with Gasteiger partial charge in [-0.05, 0) is 37.0 Å². The number of piperazine rings is 1. The summed E-state index contributed by atoms with van der Waals surface area (Å²) in [5.41, 5.74) is 0. The van der Waals surface area contributed by atoms with Crippen molar-refractivity contribution in [1.29, 1.82) is 0 Å². The van der Waals surface area contributed by atoms with Crippen LogP contribution < -0.4 is 0 Å². The molecule has 1 aromatic carbocycles. The van der Waals surface area contributed by atoms with Gasteiger partial charge in [-0.15, -0.1) is 0 Å². The van der Waals surface area contributed by atoms with E-state index in [-0.39, 0.29) is 55.9 Å². The highest BCUT2D eigenvalue weighted by Crippen LogP contribution is 2.21. The van der Waals surface area contributed by atoms with Crippen LogP contribution in [-0.4, -0.2) is 62.3 Å². The van der Waals surface area contributed by atoms with Gasteiger partial charge < -0.3 is 9.64 Å². The molecule has 0 spiro atoms. The maximum absolute atomic E-state index is 13.3. The van der Waals surface area contributed by atoms with Crippen LogP contribution in [0, 0.1) is 11.7 Å². The van der Waals surface area contributed by atoms with Gasteiger partial charge in [-0.1, -0.05) is 18.2 Å². The highest BCUT2D eigenvalue weighted by Gasteiger charge is 2.30. The third-order valence-corrected chi connectivity index (χ3v) is 6.82. The number of nitrogens with zero attached hydrogens (tertiary/aromatic N) is 2. The van der Waals surface area contributed by atoms with Gasteiger partial charge in [0.05, 0.1) is 11.3 Å². The van der Waals surface area contributed by atoms with Gasteiger partial charge in [0.1, 0.15) is 5.82 Å². The van der Waals surface area contributed by atoms with Crippen LogP contribution in [0.5, 0.6) is 0 Å². The first-order valence-electron chi connectivity index (χ1n) is 9.22. The summed E-state index contributed by atoms with van der Waals surface area (Å²) in [5.74, 6) is -1.20. The van der Waals surface area contributed by atoms with Crippen molar-refractivity contribution in [2.75, 3.05) is 32.8 Å². The van der Waals surface area contributed by atoms with E-state index in [1.807, 2.05) is 12.2 Å². The Hall–Kier alpha value is -2.26. The molecule has 28 heavy (non-hydrogen) atoms. The van der Waals surface area contributed by atoms with Crippen LogP contribution in [0.3, 0.4) is 0 Å². The van der Waals surface area contributed by atoms with Crippen molar-refractivity contribution in [1.82, 2.24) is 9.21 Å². The van der Waals surface area contributed by atoms with Gasteiger partial charge in [0.2, 0.25) is 10.0 Å². The highest BCUT2D eigenvalue weighted by molar-refractivity contribution is 7.89. The Morgan fingerprint density at radius 2 is 1.93 bits per heavy atom. The molecular weight excluding hydrogens is 387 g/mol. The average Bonchev–Trinajstić information content (AvgIpc) is 3.19.